The lowest BCUT2D eigenvalue weighted by Crippen LogP contribution is -2.39. The van der Waals surface area contributed by atoms with Crippen molar-refractivity contribution in [1.82, 2.24) is 14.7 Å². The van der Waals surface area contributed by atoms with Crippen LogP contribution in [0.25, 0.3) is 0 Å². The van der Waals surface area contributed by atoms with E-state index in [9.17, 15) is 19.7 Å². The first-order valence-corrected chi connectivity index (χ1v) is 7.98. The molecule has 10 nitrogen and oxygen atoms in total. The summed E-state index contributed by atoms with van der Waals surface area (Å²) < 4.78 is 1.60. The average molecular weight is 359 g/mol. The Hall–Kier alpha value is -3.43. The van der Waals surface area contributed by atoms with Crippen LogP contribution >= 0.6 is 0 Å². The zero-order valence-electron chi connectivity index (χ0n) is 13.7. The molecule has 0 spiro atoms. The Bertz CT molecular complexity index is 870. The lowest BCUT2D eigenvalue weighted by atomic mass is 10.0. The number of amides is 1. The van der Waals surface area contributed by atoms with Gasteiger partial charge < -0.3 is 15.7 Å². The predicted octanol–water partition coefficient (Wildman–Crippen LogP) is 1.55. The third-order valence-electron chi connectivity index (χ3n) is 4.48. The van der Waals surface area contributed by atoms with Gasteiger partial charge >= 0.3 is 5.97 Å². The molecule has 1 aromatic heterocycles. The predicted molar refractivity (Wildman–Crippen MR) is 90.9 cm³/mol. The maximum absolute atomic E-state index is 12.7. The van der Waals surface area contributed by atoms with Gasteiger partial charge in [-0.1, -0.05) is 6.07 Å². The number of nitrogens with zero attached hydrogens (tertiary/aromatic N) is 4. The van der Waals surface area contributed by atoms with Crippen molar-refractivity contribution in [2.45, 2.75) is 18.9 Å². The SMILES string of the molecule is Nc1c(C(=O)N2CCC(n3cc(C(=O)O)cn3)CC2)cccc1[N+](=O)[O-]. The molecule has 26 heavy (non-hydrogen) atoms. The summed E-state index contributed by atoms with van der Waals surface area (Å²) in [7, 11) is 0. The number of likely N-dealkylation sites (tertiary alicyclic amines) is 1. The van der Waals surface area contributed by atoms with Crippen molar-refractivity contribution in [3.8, 4) is 0 Å². The molecule has 1 aromatic carbocycles. The Kier molecular flexibility index (Phi) is 4.57. The molecule has 0 radical (unpaired) electrons. The molecular formula is C16H17N5O5. The number of hydrogen-bond acceptors (Lipinski definition) is 6. The van der Waals surface area contributed by atoms with Crippen LogP contribution in [0.3, 0.4) is 0 Å². The number of rotatable bonds is 4. The molecule has 1 fully saturated rings. The number of piperidine rings is 1. The Balaban J connectivity index is 1.70. The number of nitrogen functional groups attached to an aromatic ring is 1. The van der Waals surface area contributed by atoms with Crippen LogP contribution in [-0.4, -0.2) is 49.7 Å². The molecule has 1 aliphatic heterocycles. The lowest BCUT2D eigenvalue weighted by Gasteiger charge is -2.32. The molecule has 0 aliphatic carbocycles. The molecule has 1 amide bonds. The van der Waals surface area contributed by atoms with Crippen LogP contribution in [0.1, 0.15) is 39.6 Å². The second-order valence-corrected chi connectivity index (χ2v) is 6.03. The quantitative estimate of drug-likeness (QED) is 0.478. The van der Waals surface area contributed by atoms with E-state index in [0.717, 1.165) is 0 Å². The molecule has 1 saturated heterocycles. The molecule has 0 unspecified atom stereocenters. The summed E-state index contributed by atoms with van der Waals surface area (Å²) in [6.07, 6.45) is 3.97. The third kappa shape index (κ3) is 3.21. The van der Waals surface area contributed by atoms with Gasteiger partial charge in [0.25, 0.3) is 11.6 Å². The average Bonchev–Trinajstić information content (AvgIpc) is 3.12. The van der Waals surface area contributed by atoms with Crippen LogP contribution in [-0.2, 0) is 0 Å². The third-order valence-corrected chi connectivity index (χ3v) is 4.48. The molecule has 3 rings (SSSR count). The van der Waals surface area contributed by atoms with E-state index in [0.29, 0.717) is 25.9 Å². The molecule has 136 valence electrons. The van der Waals surface area contributed by atoms with Gasteiger partial charge in [-0.3, -0.25) is 19.6 Å². The van der Waals surface area contributed by atoms with E-state index in [1.807, 2.05) is 0 Å². The van der Waals surface area contributed by atoms with Crippen molar-refractivity contribution in [2.75, 3.05) is 18.8 Å². The number of hydrogen-bond donors (Lipinski definition) is 2. The number of aromatic carboxylic acids is 1. The Morgan fingerprint density at radius 1 is 1.31 bits per heavy atom. The number of anilines is 1. The van der Waals surface area contributed by atoms with Crippen molar-refractivity contribution in [3.05, 3.63) is 51.8 Å². The van der Waals surface area contributed by atoms with Gasteiger partial charge in [0.15, 0.2) is 0 Å². The van der Waals surface area contributed by atoms with E-state index in [2.05, 4.69) is 5.10 Å². The van der Waals surface area contributed by atoms with Crippen LogP contribution in [0, 0.1) is 10.1 Å². The number of nitro benzene ring substituents is 1. The summed E-state index contributed by atoms with van der Waals surface area (Å²) in [6, 6.07) is 4.17. The highest BCUT2D eigenvalue weighted by atomic mass is 16.6. The van der Waals surface area contributed by atoms with E-state index < -0.39 is 10.9 Å². The fraction of sp³-hybridized carbons (Fsp3) is 0.312. The van der Waals surface area contributed by atoms with Crippen molar-refractivity contribution in [1.29, 1.82) is 0 Å². The number of benzene rings is 1. The number of carbonyl (C=O) groups is 2. The molecule has 0 saturated carbocycles. The number of carbonyl (C=O) groups excluding carboxylic acids is 1. The number of aromatic nitrogens is 2. The molecular weight excluding hydrogens is 342 g/mol. The number of nitro groups is 1. The summed E-state index contributed by atoms with van der Waals surface area (Å²) in [6.45, 7) is 0.849. The van der Waals surface area contributed by atoms with Crippen molar-refractivity contribution >= 4 is 23.3 Å². The Morgan fingerprint density at radius 2 is 2.00 bits per heavy atom. The monoisotopic (exact) mass is 359 g/mol. The summed E-state index contributed by atoms with van der Waals surface area (Å²) in [5.74, 6) is -1.39. The zero-order chi connectivity index (χ0) is 18.8. The van der Waals surface area contributed by atoms with Gasteiger partial charge in [-0.15, -0.1) is 0 Å². The molecule has 3 N–H and O–H groups in total. The smallest absolute Gasteiger partial charge is 0.338 e. The van der Waals surface area contributed by atoms with Gasteiger partial charge in [-0.25, -0.2) is 4.79 Å². The van der Waals surface area contributed by atoms with Crippen LogP contribution in [0.2, 0.25) is 0 Å². The fourth-order valence-electron chi connectivity index (χ4n) is 3.05. The second kappa shape index (κ2) is 6.82. The minimum absolute atomic E-state index is 0.00499. The number of nitrogens with two attached hydrogens (primary N) is 1. The highest BCUT2D eigenvalue weighted by Crippen LogP contribution is 2.28. The van der Waals surface area contributed by atoms with E-state index in [-0.39, 0.29) is 34.5 Å². The van der Waals surface area contributed by atoms with Gasteiger partial charge in [0.2, 0.25) is 0 Å². The largest absolute Gasteiger partial charge is 0.478 e. The van der Waals surface area contributed by atoms with E-state index in [1.165, 1.54) is 30.6 Å². The van der Waals surface area contributed by atoms with Gasteiger partial charge in [0.05, 0.1) is 28.3 Å². The number of carboxylic acid groups (broad SMARTS) is 1. The van der Waals surface area contributed by atoms with Gasteiger partial charge in [0, 0.05) is 25.4 Å². The maximum Gasteiger partial charge on any atom is 0.338 e. The first kappa shape index (κ1) is 17.4. The van der Waals surface area contributed by atoms with Crippen LogP contribution in [0.5, 0.6) is 0 Å². The van der Waals surface area contributed by atoms with Crippen LogP contribution < -0.4 is 5.73 Å². The molecule has 10 heteroatoms. The molecule has 2 heterocycles. The van der Waals surface area contributed by atoms with Gasteiger partial charge in [-0.2, -0.15) is 5.10 Å². The molecule has 2 aromatic rings. The summed E-state index contributed by atoms with van der Waals surface area (Å²) in [4.78, 5) is 35.5. The van der Waals surface area contributed by atoms with Crippen molar-refractivity contribution in [3.63, 3.8) is 0 Å². The Morgan fingerprint density at radius 3 is 2.58 bits per heavy atom. The normalized spacial score (nSPS) is 15.0. The topological polar surface area (TPSA) is 145 Å². The number of carboxylic acids is 1. The molecule has 1 aliphatic rings. The highest BCUT2D eigenvalue weighted by Gasteiger charge is 2.28. The Labute approximate surface area is 148 Å². The summed E-state index contributed by atoms with van der Waals surface area (Å²) in [5, 5.41) is 24.0. The van der Waals surface area contributed by atoms with E-state index in [1.54, 1.807) is 9.58 Å². The molecule has 0 bridgehead atoms. The fourth-order valence-corrected chi connectivity index (χ4v) is 3.05. The summed E-state index contributed by atoms with van der Waals surface area (Å²) in [5.41, 5.74) is 5.59. The lowest BCUT2D eigenvalue weighted by molar-refractivity contribution is -0.383. The van der Waals surface area contributed by atoms with E-state index in [4.69, 9.17) is 10.8 Å². The summed E-state index contributed by atoms with van der Waals surface area (Å²) >= 11 is 0. The maximum atomic E-state index is 12.7. The van der Waals surface area contributed by atoms with Gasteiger partial charge in [-0.05, 0) is 18.9 Å². The van der Waals surface area contributed by atoms with Crippen molar-refractivity contribution in [2.24, 2.45) is 0 Å². The second-order valence-electron chi connectivity index (χ2n) is 6.03. The molecule has 0 atom stereocenters. The van der Waals surface area contributed by atoms with Gasteiger partial charge in [0.1, 0.15) is 5.69 Å². The van der Waals surface area contributed by atoms with E-state index >= 15 is 0 Å². The zero-order valence-corrected chi connectivity index (χ0v) is 13.7. The van der Waals surface area contributed by atoms with Crippen LogP contribution in [0.4, 0.5) is 11.4 Å². The first-order chi connectivity index (χ1) is 12.4. The minimum Gasteiger partial charge on any atom is -0.478 e. The van der Waals surface area contributed by atoms with Crippen molar-refractivity contribution < 1.29 is 19.6 Å². The highest BCUT2D eigenvalue weighted by molar-refractivity contribution is 6.01. The minimum atomic E-state index is -1.04. The first-order valence-electron chi connectivity index (χ1n) is 7.98. The standard InChI is InChI=1S/C16H17N5O5/c17-14-12(2-1-3-13(14)21(25)26)15(22)19-6-4-11(5-7-19)20-9-10(8-18-20)16(23)24/h1-3,8-9,11H,4-7,17H2,(H,23,24). The van der Waals surface area contributed by atoms with Crippen LogP contribution in [0.15, 0.2) is 30.6 Å². The number of para-hydroxylation sites is 1.